The fraction of sp³-hybridized carbons (Fsp3) is 0.500. The predicted molar refractivity (Wildman–Crippen MR) is 102 cm³/mol. The molecule has 1 aliphatic heterocycles. The van der Waals surface area contributed by atoms with Crippen molar-refractivity contribution in [1.82, 2.24) is 9.88 Å². The van der Waals surface area contributed by atoms with E-state index in [-0.39, 0.29) is 12.0 Å². The van der Waals surface area contributed by atoms with E-state index in [1.807, 2.05) is 11.8 Å². The van der Waals surface area contributed by atoms with Gasteiger partial charge in [-0.15, -0.1) is 11.3 Å². The van der Waals surface area contributed by atoms with Crippen LogP contribution in [0, 0.1) is 6.92 Å². The standard InChI is InChI=1S/C20H26N2O2S/c1-4-15-7-9-16(10-8-15)19-21-14(3)18(25-19)20(23)22-11-6-12-24-17(5-2)13-22/h7-10,17H,4-6,11-13H2,1-3H3/t17-/m1/s1. The fourth-order valence-corrected chi connectivity index (χ4v) is 4.11. The van der Waals surface area contributed by atoms with E-state index in [1.165, 1.54) is 16.9 Å². The average molecular weight is 359 g/mol. The number of rotatable bonds is 4. The lowest BCUT2D eigenvalue weighted by Crippen LogP contribution is -2.36. The summed E-state index contributed by atoms with van der Waals surface area (Å²) in [4.78, 5) is 20.4. The molecule has 0 radical (unpaired) electrons. The maximum Gasteiger partial charge on any atom is 0.265 e. The van der Waals surface area contributed by atoms with Crippen molar-refractivity contribution in [3.8, 4) is 10.6 Å². The van der Waals surface area contributed by atoms with Crippen LogP contribution >= 0.6 is 11.3 Å². The normalized spacial score (nSPS) is 18.2. The first-order valence-electron chi connectivity index (χ1n) is 9.10. The molecule has 4 nitrogen and oxygen atoms in total. The third-order valence-electron chi connectivity index (χ3n) is 4.69. The highest BCUT2D eigenvalue weighted by Gasteiger charge is 2.25. The van der Waals surface area contributed by atoms with Crippen molar-refractivity contribution in [3.05, 3.63) is 40.4 Å². The van der Waals surface area contributed by atoms with Gasteiger partial charge < -0.3 is 9.64 Å². The molecule has 1 atom stereocenters. The van der Waals surface area contributed by atoms with E-state index in [9.17, 15) is 4.79 Å². The van der Waals surface area contributed by atoms with Crippen LogP contribution in [0.2, 0.25) is 0 Å². The molecule has 0 aliphatic carbocycles. The number of benzene rings is 1. The third kappa shape index (κ3) is 4.10. The van der Waals surface area contributed by atoms with Crippen LogP contribution in [-0.4, -0.2) is 41.6 Å². The molecular weight excluding hydrogens is 332 g/mol. The number of carbonyl (C=O) groups is 1. The van der Waals surface area contributed by atoms with Gasteiger partial charge in [0.05, 0.1) is 11.8 Å². The summed E-state index contributed by atoms with van der Waals surface area (Å²) in [7, 11) is 0. The van der Waals surface area contributed by atoms with E-state index in [4.69, 9.17) is 4.74 Å². The van der Waals surface area contributed by atoms with Crippen molar-refractivity contribution in [3.63, 3.8) is 0 Å². The largest absolute Gasteiger partial charge is 0.376 e. The SMILES string of the molecule is CCc1ccc(-c2nc(C)c(C(=O)N3CCCO[C@H](CC)C3)s2)cc1. The highest BCUT2D eigenvalue weighted by molar-refractivity contribution is 7.17. The molecule has 3 rings (SSSR count). The lowest BCUT2D eigenvalue weighted by molar-refractivity contribution is 0.0461. The van der Waals surface area contributed by atoms with Crippen LogP contribution in [0.1, 0.15) is 47.6 Å². The van der Waals surface area contributed by atoms with E-state index in [2.05, 4.69) is 43.1 Å². The Morgan fingerprint density at radius 3 is 2.76 bits per heavy atom. The van der Waals surface area contributed by atoms with E-state index in [1.54, 1.807) is 0 Å². The molecule has 1 amide bonds. The zero-order valence-electron chi connectivity index (χ0n) is 15.2. The molecule has 1 aromatic carbocycles. The van der Waals surface area contributed by atoms with Crippen molar-refractivity contribution >= 4 is 17.2 Å². The Labute approximate surface area is 153 Å². The minimum absolute atomic E-state index is 0.0929. The number of ether oxygens (including phenoxy) is 1. The first-order valence-corrected chi connectivity index (χ1v) is 9.91. The van der Waals surface area contributed by atoms with Crippen LogP contribution in [0.15, 0.2) is 24.3 Å². The first-order chi connectivity index (χ1) is 12.1. The number of aromatic nitrogens is 1. The molecule has 0 spiro atoms. The minimum atomic E-state index is 0.0929. The molecule has 5 heteroatoms. The molecule has 0 N–H and O–H groups in total. The summed E-state index contributed by atoms with van der Waals surface area (Å²) in [5, 5.41) is 0.918. The van der Waals surface area contributed by atoms with Gasteiger partial charge in [-0.3, -0.25) is 4.79 Å². The molecule has 1 saturated heterocycles. The molecule has 1 aromatic heterocycles. The quantitative estimate of drug-likeness (QED) is 0.817. The summed E-state index contributed by atoms with van der Waals surface area (Å²) in [6.45, 7) is 8.35. The molecule has 2 heterocycles. The number of aryl methyl sites for hydroxylation is 2. The average Bonchev–Trinajstić information content (AvgIpc) is 2.88. The predicted octanol–water partition coefficient (Wildman–Crippen LogP) is 4.32. The Morgan fingerprint density at radius 2 is 2.08 bits per heavy atom. The smallest absolute Gasteiger partial charge is 0.265 e. The van der Waals surface area contributed by atoms with Crippen LogP contribution < -0.4 is 0 Å². The van der Waals surface area contributed by atoms with Gasteiger partial charge in [0, 0.05) is 25.3 Å². The van der Waals surface area contributed by atoms with E-state index < -0.39 is 0 Å². The summed E-state index contributed by atoms with van der Waals surface area (Å²) in [5.41, 5.74) is 3.21. The number of thiazole rings is 1. The molecular formula is C20H26N2O2S. The lowest BCUT2D eigenvalue weighted by atomic mass is 10.1. The maximum absolute atomic E-state index is 13.0. The van der Waals surface area contributed by atoms with Crippen molar-refractivity contribution < 1.29 is 9.53 Å². The molecule has 25 heavy (non-hydrogen) atoms. The molecule has 2 aromatic rings. The van der Waals surface area contributed by atoms with Crippen LogP contribution in [0.25, 0.3) is 10.6 Å². The molecule has 134 valence electrons. The second kappa shape index (κ2) is 8.11. The molecule has 1 fully saturated rings. The number of hydrogen-bond donors (Lipinski definition) is 0. The summed E-state index contributed by atoms with van der Waals surface area (Å²) >= 11 is 1.50. The third-order valence-corrected chi connectivity index (χ3v) is 5.89. The topological polar surface area (TPSA) is 42.4 Å². The van der Waals surface area contributed by atoms with Crippen LogP contribution in [0.3, 0.4) is 0 Å². The lowest BCUT2D eigenvalue weighted by Gasteiger charge is -2.22. The monoisotopic (exact) mass is 358 g/mol. The van der Waals surface area contributed by atoms with Gasteiger partial charge in [-0.1, -0.05) is 38.1 Å². The van der Waals surface area contributed by atoms with Crippen molar-refractivity contribution in [2.24, 2.45) is 0 Å². The molecule has 0 saturated carbocycles. The molecule has 0 unspecified atom stereocenters. The van der Waals surface area contributed by atoms with Crippen molar-refractivity contribution in [2.75, 3.05) is 19.7 Å². The first kappa shape index (κ1) is 18.1. The minimum Gasteiger partial charge on any atom is -0.376 e. The van der Waals surface area contributed by atoms with Crippen LogP contribution in [0.5, 0.6) is 0 Å². The van der Waals surface area contributed by atoms with Crippen molar-refractivity contribution in [1.29, 1.82) is 0 Å². The summed E-state index contributed by atoms with van der Waals surface area (Å²) in [5.74, 6) is 0.0929. The summed E-state index contributed by atoms with van der Waals surface area (Å²) < 4.78 is 5.79. The molecule has 1 aliphatic rings. The Balaban J connectivity index is 1.82. The number of hydrogen-bond acceptors (Lipinski definition) is 4. The zero-order chi connectivity index (χ0) is 17.8. The second-order valence-electron chi connectivity index (χ2n) is 6.49. The Bertz CT molecular complexity index is 724. The van der Waals surface area contributed by atoms with Gasteiger partial charge in [0.2, 0.25) is 0 Å². The molecule has 0 bridgehead atoms. The van der Waals surface area contributed by atoms with Gasteiger partial charge in [-0.25, -0.2) is 4.98 Å². The van der Waals surface area contributed by atoms with Gasteiger partial charge in [0.25, 0.3) is 5.91 Å². The van der Waals surface area contributed by atoms with E-state index in [0.717, 1.165) is 53.6 Å². The number of amides is 1. The van der Waals surface area contributed by atoms with E-state index >= 15 is 0 Å². The second-order valence-corrected chi connectivity index (χ2v) is 7.49. The van der Waals surface area contributed by atoms with Gasteiger partial charge >= 0.3 is 0 Å². The maximum atomic E-state index is 13.0. The van der Waals surface area contributed by atoms with E-state index in [0.29, 0.717) is 6.54 Å². The zero-order valence-corrected chi connectivity index (χ0v) is 16.1. The fourth-order valence-electron chi connectivity index (χ4n) is 3.07. The van der Waals surface area contributed by atoms with Gasteiger partial charge in [-0.2, -0.15) is 0 Å². The number of nitrogens with zero attached hydrogens (tertiary/aromatic N) is 2. The van der Waals surface area contributed by atoms with Crippen molar-refractivity contribution in [2.45, 2.75) is 46.1 Å². The highest BCUT2D eigenvalue weighted by atomic mass is 32.1. The number of carbonyl (C=O) groups excluding carboxylic acids is 1. The highest BCUT2D eigenvalue weighted by Crippen LogP contribution is 2.29. The Hall–Kier alpha value is -1.72. The van der Waals surface area contributed by atoms with Gasteiger partial charge in [-0.05, 0) is 31.7 Å². The van der Waals surface area contributed by atoms with Crippen LogP contribution in [-0.2, 0) is 11.2 Å². The summed E-state index contributed by atoms with van der Waals surface area (Å²) in [6.07, 6.45) is 2.99. The van der Waals surface area contributed by atoms with Crippen LogP contribution in [0.4, 0.5) is 0 Å². The van der Waals surface area contributed by atoms with Gasteiger partial charge in [0.15, 0.2) is 0 Å². The Kier molecular flexibility index (Phi) is 5.86. The Morgan fingerprint density at radius 1 is 1.32 bits per heavy atom. The van der Waals surface area contributed by atoms with Gasteiger partial charge in [0.1, 0.15) is 9.88 Å². The summed E-state index contributed by atoms with van der Waals surface area (Å²) in [6, 6.07) is 8.45.